The van der Waals surface area contributed by atoms with Gasteiger partial charge in [-0.2, -0.15) is 0 Å². The SMILES string of the molecule is CCOC(=O)c1c(NC(=O)CSc2n[nH]c(=O)n2C2CC2)sc(C)c1CC. The maximum atomic E-state index is 12.4. The summed E-state index contributed by atoms with van der Waals surface area (Å²) in [4.78, 5) is 37.5. The molecule has 27 heavy (non-hydrogen) atoms. The third-order valence-electron chi connectivity index (χ3n) is 4.21. The molecule has 1 fully saturated rings. The van der Waals surface area contributed by atoms with E-state index >= 15 is 0 Å². The third kappa shape index (κ3) is 4.27. The molecule has 10 heteroatoms. The number of hydrogen-bond donors (Lipinski definition) is 2. The maximum Gasteiger partial charge on any atom is 0.344 e. The van der Waals surface area contributed by atoms with E-state index in [9.17, 15) is 14.4 Å². The van der Waals surface area contributed by atoms with Gasteiger partial charge in [0, 0.05) is 10.9 Å². The van der Waals surface area contributed by atoms with Crippen molar-refractivity contribution in [3.05, 3.63) is 26.5 Å². The van der Waals surface area contributed by atoms with E-state index in [-0.39, 0.29) is 30.0 Å². The number of nitrogens with zero attached hydrogens (tertiary/aromatic N) is 2. The van der Waals surface area contributed by atoms with Crippen LogP contribution in [0.1, 0.15) is 53.5 Å². The van der Waals surface area contributed by atoms with Crippen LogP contribution in [0, 0.1) is 6.92 Å². The average molecular weight is 411 g/mol. The van der Waals surface area contributed by atoms with E-state index in [0.29, 0.717) is 22.1 Å². The van der Waals surface area contributed by atoms with Gasteiger partial charge in [-0.25, -0.2) is 14.7 Å². The van der Waals surface area contributed by atoms with Crippen molar-refractivity contribution < 1.29 is 14.3 Å². The van der Waals surface area contributed by atoms with Gasteiger partial charge < -0.3 is 10.1 Å². The van der Waals surface area contributed by atoms with Crippen molar-refractivity contribution in [3.8, 4) is 0 Å². The molecule has 3 rings (SSSR count). The highest BCUT2D eigenvalue weighted by molar-refractivity contribution is 7.99. The van der Waals surface area contributed by atoms with E-state index in [2.05, 4.69) is 15.5 Å². The van der Waals surface area contributed by atoms with Gasteiger partial charge in [0.1, 0.15) is 5.00 Å². The van der Waals surface area contributed by atoms with Crippen molar-refractivity contribution in [2.24, 2.45) is 0 Å². The Labute approximate surface area is 164 Å². The highest BCUT2D eigenvalue weighted by Crippen LogP contribution is 2.36. The minimum atomic E-state index is -0.420. The Morgan fingerprint density at radius 2 is 2.15 bits per heavy atom. The van der Waals surface area contributed by atoms with Crippen LogP contribution in [0.25, 0.3) is 0 Å². The molecule has 0 aromatic carbocycles. The van der Waals surface area contributed by atoms with Crippen LogP contribution in [-0.2, 0) is 16.0 Å². The van der Waals surface area contributed by atoms with E-state index < -0.39 is 5.97 Å². The molecule has 0 atom stereocenters. The molecule has 0 unspecified atom stereocenters. The van der Waals surface area contributed by atoms with Crippen molar-refractivity contribution in [3.63, 3.8) is 0 Å². The number of esters is 1. The van der Waals surface area contributed by atoms with E-state index in [1.165, 1.54) is 23.1 Å². The summed E-state index contributed by atoms with van der Waals surface area (Å²) < 4.78 is 6.75. The zero-order valence-electron chi connectivity index (χ0n) is 15.5. The first-order chi connectivity index (χ1) is 13.0. The van der Waals surface area contributed by atoms with Gasteiger partial charge in [0.15, 0.2) is 5.16 Å². The van der Waals surface area contributed by atoms with Gasteiger partial charge in [-0.05, 0) is 38.7 Å². The van der Waals surface area contributed by atoms with Crippen LogP contribution in [0.5, 0.6) is 0 Å². The second-order valence-electron chi connectivity index (χ2n) is 6.16. The number of aromatic amines is 1. The molecule has 0 bridgehead atoms. The molecule has 2 aromatic heterocycles. The molecule has 1 aliphatic carbocycles. The number of amides is 1. The Bertz CT molecular complexity index is 911. The smallest absolute Gasteiger partial charge is 0.344 e. The Morgan fingerprint density at radius 1 is 1.41 bits per heavy atom. The first-order valence-electron chi connectivity index (χ1n) is 8.85. The number of nitrogens with one attached hydrogen (secondary N) is 2. The molecule has 1 aliphatic rings. The Hall–Kier alpha value is -2.07. The summed E-state index contributed by atoms with van der Waals surface area (Å²) in [6, 6.07) is 0.185. The minimum absolute atomic E-state index is 0.0949. The number of ether oxygens (including phenoxy) is 1. The van der Waals surface area contributed by atoms with Crippen LogP contribution >= 0.6 is 23.1 Å². The van der Waals surface area contributed by atoms with Crippen molar-refractivity contribution >= 4 is 40.0 Å². The fraction of sp³-hybridized carbons (Fsp3) is 0.529. The Kier molecular flexibility index (Phi) is 6.05. The van der Waals surface area contributed by atoms with E-state index in [1.54, 1.807) is 11.5 Å². The van der Waals surface area contributed by atoms with Gasteiger partial charge in [0.25, 0.3) is 0 Å². The second-order valence-corrected chi connectivity index (χ2v) is 8.33. The fourth-order valence-electron chi connectivity index (χ4n) is 2.85. The van der Waals surface area contributed by atoms with Crippen molar-refractivity contribution in [2.45, 2.75) is 51.2 Å². The zero-order chi connectivity index (χ0) is 19.6. The Morgan fingerprint density at radius 3 is 2.78 bits per heavy atom. The largest absolute Gasteiger partial charge is 0.462 e. The lowest BCUT2D eigenvalue weighted by Crippen LogP contribution is -2.18. The summed E-state index contributed by atoms with van der Waals surface area (Å²) in [5, 5.41) is 10.3. The minimum Gasteiger partial charge on any atom is -0.462 e. The van der Waals surface area contributed by atoms with Gasteiger partial charge >= 0.3 is 11.7 Å². The molecular weight excluding hydrogens is 388 g/mol. The number of anilines is 1. The van der Waals surface area contributed by atoms with Crippen LogP contribution < -0.4 is 11.0 Å². The quantitative estimate of drug-likeness (QED) is 0.512. The molecule has 146 valence electrons. The lowest BCUT2D eigenvalue weighted by molar-refractivity contribution is -0.113. The summed E-state index contributed by atoms with van der Waals surface area (Å²) in [5.74, 6) is -0.582. The third-order valence-corrected chi connectivity index (χ3v) is 6.23. The molecule has 1 amide bonds. The second kappa shape index (κ2) is 8.30. The highest BCUT2D eigenvalue weighted by Gasteiger charge is 2.29. The number of hydrogen-bond acceptors (Lipinski definition) is 7. The summed E-state index contributed by atoms with van der Waals surface area (Å²) in [7, 11) is 0. The number of carbonyl (C=O) groups is 2. The Balaban J connectivity index is 1.71. The number of aryl methyl sites for hydroxylation is 1. The first kappa shape index (κ1) is 19.7. The average Bonchev–Trinajstić information content (AvgIpc) is 3.32. The summed E-state index contributed by atoms with van der Waals surface area (Å²) in [6.07, 6.45) is 2.59. The molecule has 1 saturated carbocycles. The van der Waals surface area contributed by atoms with Gasteiger partial charge in [0.05, 0.1) is 17.9 Å². The fourth-order valence-corrected chi connectivity index (χ4v) is 4.81. The normalized spacial score (nSPS) is 13.6. The van der Waals surface area contributed by atoms with E-state index in [4.69, 9.17) is 4.74 Å². The highest BCUT2D eigenvalue weighted by atomic mass is 32.2. The van der Waals surface area contributed by atoms with Gasteiger partial charge in [-0.3, -0.25) is 9.36 Å². The van der Waals surface area contributed by atoms with Gasteiger partial charge in [-0.15, -0.1) is 16.4 Å². The van der Waals surface area contributed by atoms with Gasteiger partial charge in [0.2, 0.25) is 5.91 Å². The predicted octanol–water partition coefficient (Wildman–Crippen LogP) is 2.75. The van der Waals surface area contributed by atoms with Crippen molar-refractivity contribution in [2.75, 3.05) is 17.7 Å². The molecule has 8 nitrogen and oxygen atoms in total. The van der Waals surface area contributed by atoms with Crippen molar-refractivity contribution in [1.82, 2.24) is 14.8 Å². The number of thiophene rings is 1. The lowest BCUT2D eigenvalue weighted by Gasteiger charge is -2.08. The molecule has 0 saturated heterocycles. The standard InChI is InChI=1S/C17H22N4O4S2/c1-4-11-9(3)27-14(13(11)15(23)25-5-2)18-12(22)8-26-17-20-19-16(24)21(17)10-6-7-10/h10H,4-8H2,1-3H3,(H,18,22)(H,19,24). The maximum absolute atomic E-state index is 12.4. The number of H-pyrrole nitrogens is 1. The zero-order valence-corrected chi connectivity index (χ0v) is 17.1. The topological polar surface area (TPSA) is 106 Å². The number of carbonyl (C=O) groups excluding carboxylic acids is 2. The van der Waals surface area contributed by atoms with Crippen LogP contribution in [0.3, 0.4) is 0 Å². The number of thioether (sulfide) groups is 1. The van der Waals surface area contributed by atoms with E-state index in [1.807, 2.05) is 13.8 Å². The van der Waals surface area contributed by atoms with Crippen LogP contribution in [0.15, 0.2) is 9.95 Å². The molecule has 2 aromatic rings. The molecule has 0 radical (unpaired) electrons. The van der Waals surface area contributed by atoms with Crippen LogP contribution in [0.4, 0.5) is 5.00 Å². The van der Waals surface area contributed by atoms with Crippen LogP contribution in [-0.4, -0.2) is 39.0 Å². The summed E-state index contributed by atoms with van der Waals surface area (Å²) >= 11 is 2.57. The molecule has 2 N–H and O–H groups in total. The summed E-state index contributed by atoms with van der Waals surface area (Å²) in [6.45, 7) is 5.92. The summed E-state index contributed by atoms with van der Waals surface area (Å²) in [5.41, 5.74) is 1.10. The van der Waals surface area contributed by atoms with Crippen molar-refractivity contribution in [1.29, 1.82) is 0 Å². The van der Waals surface area contributed by atoms with Crippen LogP contribution in [0.2, 0.25) is 0 Å². The van der Waals surface area contributed by atoms with E-state index in [0.717, 1.165) is 23.3 Å². The molecule has 0 aliphatic heterocycles. The molecular formula is C17H22N4O4S2. The first-order valence-corrected chi connectivity index (χ1v) is 10.6. The number of rotatable bonds is 8. The van der Waals surface area contributed by atoms with Gasteiger partial charge in [-0.1, -0.05) is 18.7 Å². The molecule has 2 heterocycles. The number of aromatic nitrogens is 3. The predicted molar refractivity (Wildman–Crippen MR) is 105 cm³/mol. The lowest BCUT2D eigenvalue weighted by atomic mass is 10.1. The monoisotopic (exact) mass is 410 g/mol. The molecule has 0 spiro atoms.